The maximum Gasteiger partial charge on any atom is 0.324 e. The van der Waals surface area contributed by atoms with Crippen molar-refractivity contribution in [1.29, 1.82) is 0 Å². The average Bonchev–Trinajstić information content (AvgIpc) is 3.02. The molecular formula is C17H18N2O3S. The van der Waals surface area contributed by atoms with Crippen molar-refractivity contribution in [2.75, 3.05) is 5.32 Å². The van der Waals surface area contributed by atoms with Crippen molar-refractivity contribution in [2.24, 2.45) is 0 Å². The second-order valence-corrected chi connectivity index (χ2v) is 6.25. The molecule has 1 N–H and O–H groups in total. The number of amides is 1. The van der Waals surface area contributed by atoms with Crippen molar-refractivity contribution >= 4 is 34.0 Å². The van der Waals surface area contributed by atoms with E-state index in [4.69, 9.17) is 0 Å². The van der Waals surface area contributed by atoms with Gasteiger partial charge in [0.05, 0.1) is 4.92 Å². The fourth-order valence-electron chi connectivity index (χ4n) is 2.12. The molecular weight excluding hydrogens is 312 g/mol. The molecule has 1 aromatic carbocycles. The van der Waals surface area contributed by atoms with E-state index in [1.807, 2.05) is 24.3 Å². The number of nitro groups is 1. The maximum atomic E-state index is 12.1. The Labute approximate surface area is 138 Å². The molecule has 0 bridgehead atoms. The molecule has 120 valence electrons. The van der Waals surface area contributed by atoms with Gasteiger partial charge in [-0.25, -0.2) is 0 Å². The van der Waals surface area contributed by atoms with E-state index in [0.717, 1.165) is 29.0 Å². The Morgan fingerprint density at radius 3 is 2.74 bits per heavy atom. The number of anilines is 1. The summed E-state index contributed by atoms with van der Waals surface area (Å²) in [5.41, 5.74) is 1.90. The Morgan fingerprint density at radius 2 is 2.09 bits per heavy atom. The van der Waals surface area contributed by atoms with Gasteiger partial charge >= 0.3 is 5.00 Å². The number of hydrogen-bond acceptors (Lipinski definition) is 4. The van der Waals surface area contributed by atoms with Gasteiger partial charge in [-0.2, -0.15) is 0 Å². The molecule has 2 rings (SSSR count). The molecule has 23 heavy (non-hydrogen) atoms. The predicted octanol–water partition coefficient (Wildman–Crippen LogP) is 4.82. The zero-order valence-electron chi connectivity index (χ0n) is 13.0. The third-order valence-electron chi connectivity index (χ3n) is 3.55. The Kier molecular flexibility index (Phi) is 5.65. The van der Waals surface area contributed by atoms with E-state index in [2.05, 4.69) is 19.2 Å². The first-order valence-electron chi connectivity index (χ1n) is 7.33. The van der Waals surface area contributed by atoms with Crippen molar-refractivity contribution in [3.8, 4) is 0 Å². The molecule has 1 aromatic heterocycles. The molecule has 1 unspecified atom stereocenters. The summed E-state index contributed by atoms with van der Waals surface area (Å²) in [4.78, 5) is 22.9. The van der Waals surface area contributed by atoms with Gasteiger partial charge in [-0.3, -0.25) is 14.9 Å². The van der Waals surface area contributed by atoms with Gasteiger partial charge in [-0.05, 0) is 36.1 Å². The topological polar surface area (TPSA) is 72.2 Å². The normalized spacial score (nSPS) is 12.3. The quantitative estimate of drug-likeness (QED) is 0.469. The van der Waals surface area contributed by atoms with Gasteiger partial charge in [0, 0.05) is 22.7 Å². The van der Waals surface area contributed by atoms with Crippen LogP contribution in [0.4, 0.5) is 10.7 Å². The zero-order valence-corrected chi connectivity index (χ0v) is 13.8. The average molecular weight is 330 g/mol. The molecule has 0 aliphatic rings. The van der Waals surface area contributed by atoms with Crippen LogP contribution in [0.2, 0.25) is 0 Å². The van der Waals surface area contributed by atoms with Gasteiger partial charge in [-0.15, -0.1) is 0 Å². The number of thiophene rings is 1. The Hall–Kier alpha value is -2.47. The summed E-state index contributed by atoms with van der Waals surface area (Å²) in [7, 11) is 0. The van der Waals surface area contributed by atoms with E-state index in [-0.39, 0.29) is 10.9 Å². The minimum atomic E-state index is -0.440. The summed E-state index contributed by atoms with van der Waals surface area (Å²) in [6.45, 7) is 4.22. The summed E-state index contributed by atoms with van der Waals surface area (Å²) in [6.07, 6.45) is 3.96. The fourth-order valence-corrected chi connectivity index (χ4v) is 2.85. The molecule has 0 radical (unpaired) electrons. The van der Waals surface area contributed by atoms with Gasteiger partial charge in [0.25, 0.3) is 0 Å². The number of hydrogen-bond donors (Lipinski definition) is 1. The smallest absolute Gasteiger partial charge is 0.322 e. The second-order valence-electron chi connectivity index (χ2n) is 5.15. The van der Waals surface area contributed by atoms with E-state index < -0.39 is 4.92 Å². The summed E-state index contributed by atoms with van der Waals surface area (Å²) < 4.78 is 0. The number of benzene rings is 1. The summed E-state index contributed by atoms with van der Waals surface area (Å²) >= 11 is 1.04. The lowest BCUT2D eigenvalue weighted by Crippen LogP contribution is -2.10. The van der Waals surface area contributed by atoms with Crippen molar-refractivity contribution in [3.63, 3.8) is 0 Å². The molecule has 0 saturated heterocycles. The standard InChI is InChI=1S/C17H18N2O3S/c1-3-12(2)14-6-4-5-7-15(14)18-16(20)10-8-13-9-11-17(23-13)19(21)22/h4-12H,3H2,1-2H3,(H,18,20)/b10-8+. The molecule has 0 saturated carbocycles. The largest absolute Gasteiger partial charge is 0.324 e. The van der Waals surface area contributed by atoms with E-state index in [9.17, 15) is 14.9 Å². The van der Waals surface area contributed by atoms with Crippen LogP contribution in [0.5, 0.6) is 0 Å². The lowest BCUT2D eigenvalue weighted by Gasteiger charge is -2.14. The Balaban J connectivity index is 2.07. The zero-order chi connectivity index (χ0) is 16.8. The molecule has 2 aromatic rings. The number of para-hydroxylation sites is 1. The van der Waals surface area contributed by atoms with Crippen LogP contribution in [0.25, 0.3) is 6.08 Å². The van der Waals surface area contributed by atoms with Crippen molar-refractivity contribution < 1.29 is 9.72 Å². The number of rotatable bonds is 6. The molecule has 1 amide bonds. The molecule has 0 spiro atoms. The van der Waals surface area contributed by atoms with Crippen molar-refractivity contribution in [1.82, 2.24) is 0 Å². The van der Waals surface area contributed by atoms with Gasteiger partial charge in [-0.1, -0.05) is 43.4 Å². The van der Waals surface area contributed by atoms with E-state index in [0.29, 0.717) is 10.8 Å². The van der Waals surface area contributed by atoms with Crippen molar-refractivity contribution in [3.05, 3.63) is 63.0 Å². The van der Waals surface area contributed by atoms with Crippen LogP contribution in [0.1, 0.15) is 36.6 Å². The van der Waals surface area contributed by atoms with Crippen LogP contribution in [0, 0.1) is 10.1 Å². The number of nitrogens with one attached hydrogen (secondary N) is 1. The summed E-state index contributed by atoms with van der Waals surface area (Å²) in [6, 6.07) is 10.8. The highest BCUT2D eigenvalue weighted by Crippen LogP contribution is 2.27. The fraction of sp³-hybridized carbons (Fsp3) is 0.235. The lowest BCUT2D eigenvalue weighted by molar-refractivity contribution is -0.380. The second kappa shape index (κ2) is 7.69. The van der Waals surface area contributed by atoms with Gasteiger partial charge < -0.3 is 5.32 Å². The van der Waals surface area contributed by atoms with Crippen LogP contribution < -0.4 is 5.32 Å². The molecule has 1 atom stereocenters. The lowest BCUT2D eigenvalue weighted by atomic mass is 9.97. The molecule has 6 heteroatoms. The molecule has 1 heterocycles. The SMILES string of the molecule is CCC(C)c1ccccc1NC(=O)/C=C/c1ccc([N+](=O)[O-])s1. The first kappa shape index (κ1) is 16.9. The monoisotopic (exact) mass is 330 g/mol. The number of nitrogens with zero attached hydrogens (tertiary/aromatic N) is 1. The molecule has 0 aliphatic heterocycles. The third kappa shape index (κ3) is 4.50. The van der Waals surface area contributed by atoms with Crippen LogP contribution in [-0.2, 0) is 4.79 Å². The highest BCUT2D eigenvalue weighted by Gasteiger charge is 2.10. The number of carbonyl (C=O) groups excluding carboxylic acids is 1. The van der Waals surface area contributed by atoms with Crippen LogP contribution in [0.3, 0.4) is 0 Å². The first-order chi connectivity index (χ1) is 11.0. The summed E-state index contributed by atoms with van der Waals surface area (Å²) in [5, 5.41) is 13.6. The minimum absolute atomic E-state index is 0.0622. The third-order valence-corrected chi connectivity index (χ3v) is 4.56. The Bertz CT molecular complexity index is 737. The van der Waals surface area contributed by atoms with Crippen LogP contribution >= 0.6 is 11.3 Å². The first-order valence-corrected chi connectivity index (χ1v) is 8.15. The van der Waals surface area contributed by atoms with Crippen LogP contribution in [0.15, 0.2) is 42.5 Å². The maximum absolute atomic E-state index is 12.1. The summed E-state index contributed by atoms with van der Waals surface area (Å²) in [5.74, 6) is 0.104. The highest BCUT2D eigenvalue weighted by molar-refractivity contribution is 7.16. The highest BCUT2D eigenvalue weighted by atomic mass is 32.1. The number of carbonyl (C=O) groups is 1. The van der Waals surface area contributed by atoms with E-state index in [1.54, 1.807) is 12.1 Å². The minimum Gasteiger partial charge on any atom is -0.322 e. The Morgan fingerprint density at radius 1 is 1.35 bits per heavy atom. The molecule has 5 nitrogen and oxygen atoms in total. The predicted molar refractivity (Wildman–Crippen MR) is 93.8 cm³/mol. The van der Waals surface area contributed by atoms with Gasteiger partial charge in [0.2, 0.25) is 5.91 Å². The van der Waals surface area contributed by atoms with Gasteiger partial charge in [0.15, 0.2) is 0 Å². The van der Waals surface area contributed by atoms with Gasteiger partial charge in [0.1, 0.15) is 0 Å². The van der Waals surface area contributed by atoms with E-state index in [1.165, 1.54) is 12.1 Å². The van der Waals surface area contributed by atoms with Crippen LogP contribution in [-0.4, -0.2) is 10.8 Å². The molecule has 0 aliphatic carbocycles. The van der Waals surface area contributed by atoms with E-state index >= 15 is 0 Å². The molecule has 0 fully saturated rings. The van der Waals surface area contributed by atoms with Crippen molar-refractivity contribution in [2.45, 2.75) is 26.2 Å².